The number of carbonyl (C=O) groups excluding carboxylic acids is 1. The molecule has 4 aromatic rings. The number of aldehydes is 1. The van der Waals surface area contributed by atoms with Crippen LogP contribution in [0.3, 0.4) is 0 Å². The lowest BCUT2D eigenvalue weighted by Gasteiger charge is -2.11. The molecule has 1 aromatic carbocycles. The fraction of sp³-hybridized carbons (Fsp3) is 0.273. The van der Waals surface area contributed by atoms with E-state index >= 15 is 0 Å². The Bertz CT molecular complexity index is 1370. The van der Waals surface area contributed by atoms with Gasteiger partial charge in [-0.2, -0.15) is 28.3 Å². The number of fused-ring (bicyclic) bond motifs is 1. The van der Waals surface area contributed by atoms with Crippen LogP contribution >= 0.6 is 0 Å². The average Bonchev–Trinajstić information content (AvgIpc) is 3.52. The number of hydrogen-bond donors (Lipinski definition) is 2. The number of benzene rings is 1. The molecule has 0 bridgehead atoms. The van der Waals surface area contributed by atoms with Crippen LogP contribution in [0.25, 0.3) is 16.7 Å². The quantitative estimate of drug-likeness (QED) is 0.383. The summed E-state index contributed by atoms with van der Waals surface area (Å²) in [6, 6.07) is 6.36. The van der Waals surface area contributed by atoms with Crippen LogP contribution in [0.5, 0.6) is 0 Å². The highest BCUT2D eigenvalue weighted by Crippen LogP contribution is 2.28. The van der Waals surface area contributed by atoms with Gasteiger partial charge in [-0.1, -0.05) is 0 Å². The number of hydrogen-bond acceptors (Lipinski definition) is 8. The van der Waals surface area contributed by atoms with Gasteiger partial charge < -0.3 is 15.0 Å². The molecule has 0 saturated carbocycles. The molecule has 0 radical (unpaired) electrons. The number of anilines is 2. The molecule has 4 heterocycles. The first-order valence-corrected chi connectivity index (χ1v) is 10.6. The van der Waals surface area contributed by atoms with Crippen molar-refractivity contribution in [1.82, 2.24) is 29.4 Å². The van der Waals surface area contributed by atoms with Gasteiger partial charge in [0.25, 0.3) is 0 Å². The molecular weight excluding hydrogens is 467 g/mol. The molecule has 1 aliphatic heterocycles. The zero-order valence-corrected chi connectivity index (χ0v) is 18.2. The van der Waals surface area contributed by atoms with E-state index in [0.717, 1.165) is 10.1 Å². The second kappa shape index (κ2) is 9.09. The first-order chi connectivity index (χ1) is 16.8. The van der Waals surface area contributed by atoms with E-state index in [1.807, 2.05) is 0 Å². The molecule has 13 heteroatoms. The van der Waals surface area contributed by atoms with Gasteiger partial charge in [0.15, 0.2) is 12.1 Å². The number of rotatable bonds is 7. The van der Waals surface area contributed by atoms with E-state index < -0.39 is 18.8 Å². The monoisotopic (exact) mass is 487 g/mol. The number of halogens is 3. The van der Waals surface area contributed by atoms with Gasteiger partial charge in [-0.15, -0.1) is 0 Å². The summed E-state index contributed by atoms with van der Waals surface area (Å²) in [4.78, 5) is 25.4. The first-order valence-electron chi connectivity index (χ1n) is 10.6. The number of carbonyl (C=O) groups is 1. The van der Waals surface area contributed by atoms with Crippen LogP contribution in [-0.2, 0) is 17.9 Å². The highest BCUT2D eigenvalue weighted by molar-refractivity contribution is 5.99. The molecule has 2 N–H and O–H groups in total. The summed E-state index contributed by atoms with van der Waals surface area (Å²) in [5, 5.41) is 18.9. The summed E-state index contributed by atoms with van der Waals surface area (Å²) in [5.74, 6) is 0.731. The minimum atomic E-state index is -4.41. The van der Waals surface area contributed by atoms with E-state index in [1.54, 1.807) is 46.5 Å². The Morgan fingerprint density at radius 2 is 2.11 bits per heavy atom. The number of alkyl halides is 3. The third-order valence-corrected chi connectivity index (χ3v) is 5.38. The van der Waals surface area contributed by atoms with Gasteiger partial charge in [0.05, 0.1) is 32.0 Å². The molecule has 1 saturated heterocycles. The van der Waals surface area contributed by atoms with Gasteiger partial charge >= 0.3 is 6.18 Å². The molecule has 35 heavy (non-hydrogen) atoms. The highest BCUT2D eigenvalue weighted by atomic mass is 19.4. The number of β-amino-alcohol motifs (C(OH)–C–C–N with tert-alkyl or cyclic N) is 1. The molecule has 182 valence electrons. The van der Waals surface area contributed by atoms with E-state index in [2.05, 4.69) is 20.4 Å². The largest absolute Gasteiger partial charge is 0.406 e. The molecule has 1 atom stereocenters. The Kier molecular flexibility index (Phi) is 5.96. The Labute approximate surface area is 196 Å². The number of hydroxylamine groups is 2. The van der Waals surface area contributed by atoms with Crippen LogP contribution in [0, 0.1) is 0 Å². The smallest absolute Gasteiger partial charge is 0.389 e. The molecule has 0 amide bonds. The van der Waals surface area contributed by atoms with Crippen LogP contribution in [0.1, 0.15) is 15.9 Å². The van der Waals surface area contributed by atoms with Crippen molar-refractivity contribution in [3.8, 4) is 5.82 Å². The summed E-state index contributed by atoms with van der Waals surface area (Å²) in [6.07, 6.45) is 1.79. The minimum Gasteiger partial charge on any atom is -0.389 e. The maximum absolute atomic E-state index is 12.9. The lowest BCUT2D eigenvalue weighted by Crippen LogP contribution is -2.20. The second-order valence-electron chi connectivity index (χ2n) is 8.11. The maximum atomic E-state index is 12.9. The average molecular weight is 487 g/mol. The van der Waals surface area contributed by atoms with Gasteiger partial charge in [-0.05, 0) is 18.2 Å². The van der Waals surface area contributed by atoms with E-state index in [-0.39, 0.29) is 18.1 Å². The third kappa shape index (κ3) is 5.16. The van der Waals surface area contributed by atoms with Gasteiger partial charge in [-0.3, -0.25) is 9.63 Å². The Morgan fingerprint density at radius 1 is 1.26 bits per heavy atom. The molecule has 1 unspecified atom stereocenters. The summed E-state index contributed by atoms with van der Waals surface area (Å²) in [5.41, 5.74) is 1.82. The first kappa shape index (κ1) is 23.0. The zero-order chi connectivity index (χ0) is 24.6. The highest BCUT2D eigenvalue weighted by Gasteiger charge is 2.29. The van der Waals surface area contributed by atoms with Gasteiger partial charge in [0.2, 0.25) is 5.95 Å². The maximum Gasteiger partial charge on any atom is 0.406 e. The molecule has 0 aliphatic carbocycles. The van der Waals surface area contributed by atoms with E-state index in [1.165, 1.54) is 12.3 Å². The summed E-state index contributed by atoms with van der Waals surface area (Å²) in [7, 11) is 0. The number of aromatic nitrogens is 5. The number of aliphatic hydroxyl groups is 1. The summed E-state index contributed by atoms with van der Waals surface area (Å²) in [6.45, 7) is -0.0450. The number of aliphatic hydroxyl groups excluding tert-OH is 1. The molecule has 3 aromatic heterocycles. The lowest BCUT2D eigenvalue weighted by molar-refractivity contribution is -0.139. The van der Waals surface area contributed by atoms with E-state index in [9.17, 15) is 23.1 Å². The summed E-state index contributed by atoms with van der Waals surface area (Å²) >= 11 is 0. The van der Waals surface area contributed by atoms with Gasteiger partial charge in [0, 0.05) is 52.4 Å². The SMILES string of the molecule is O=Cc1cn(CC(F)(F)F)c2ccc(Nc3nccc(-n4cc(CN5CC(O)CO5)cn4)n3)cc12. The Hall–Kier alpha value is -3.81. The molecule has 1 fully saturated rings. The molecular formula is C22H20F3N7O3. The number of nitrogens with one attached hydrogen (secondary N) is 1. The Morgan fingerprint density at radius 3 is 2.86 bits per heavy atom. The van der Waals surface area contributed by atoms with Crippen molar-refractivity contribution in [3.05, 3.63) is 60.2 Å². The van der Waals surface area contributed by atoms with Crippen molar-refractivity contribution in [2.75, 3.05) is 18.5 Å². The van der Waals surface area contributed by atoms with Crippen LogP contribution in [0.2, 0.25) is 0 Å². The fourth-order valence-electron chi connectivity index (χ4n) is 3.90. The fourth-order valence-corrected chi connectivity index (χ4v) is 3.90. The van der Waals surface area contributed by atoms with Crippen molar-refractivity contribution < 1.29 is 27.9 Å². The molecule has 5 rings (SSSR count). The van der Waals surface area contributed by atoms with Crippen LogP contribution in [0.15, 0.2) is 49.1 Å². The lowest BCUT2D eigenvalue weighted by atomic mass is 10.1. The molecule has 1 aliphatic rings. The predicted molar refractivity (Wildman–Crippen MR) is 118 cm³/mol. The third-order valence-electron chi connectivity index (χ3n) is 5.38. The molecule has 0 spiro atoms. The standard InChI is InChI=1S/C22H20F3N7O3/c23-22(24,25)13-30-9-15(11-33)18-5-16(1-2-19(18)30)28-21-26-4-3-20(29-21)32-8-14(6-27-32)7-31-10-17(34)12-35-31/h1-6,8-9,11,17,34H,7,10,12-13H2,(H,26,28,29). The van der Waals surface area contributed by atoms with E-state index in [4.69, 9.17) is 4.84 Å². The topological polar surface area (TPSA) is 110 Å². The van der Waals surface area contributed by atoms with Crippen LogP contribution in [0.4, 0.5) is 24.8 Å². The molecule has 10 nitrogen and oxygen atoms in total. The van der Waals surface area contributed by atoms with Crippen molar-refractivity contribution >= 4 is 28.8 Å². The van der Waals surface area contributed by atoms with Gasteiger partial charge in [0.1, 0.15) is 6.54 Å². The predicted octanol–water partition coefficient (Wildman–Crippen LogP) is 2.84. The minimum absolute atomic E-state index is 0.154. The van der Waals surface area contributed by atoms with Crippen molar-refractivity contribution in [3.63, 3.8) is 0 Å². The van der Waals surface area contributed by atoms with Crippen molar-refractivity contribution in [1.29, 1.82) is 0 Å². The van der Waals surface area contributed by atoms with E-state index in [0.29, 0.717) is 41.8 Å². The van der Waals surface area contributed by atoms with Crippen LogP contribution < -0.4 is 5.32 Å². The summed E-state index contributed by atoms with van der Waals surface area (Å²) < 4.78 is 41.2. The Balaban J connectivity index is 1.35. The zero-order valence-electron chi connectivity index (χ0n) is 18.2. The second-order valence-corrected chi connectivity index (χ2v) is 8.11. The van der Waals surface area contributed by atoms with Crippen LogP contribution in [-0.4, -0.2) is 66.2 Å². The van der Waals surface area contributed by atoms with Crippen molar-refractivity contribution in [2.45, 2.75) is 25.4 Å². The van der Waals surface area contributed by atoms with Gasteiger partial charge in [-0.25, -0.2) is 9.67 Å². The normalized spacial score (nSPS) is 16.7. The number of nitrogens with zero attached hydrogens (tertiary/aromatic N) is 6. The van der Waals surface area contributed by atoms with Crippen molar-refractivity contribution in [2.24, 2.45) is 0 Å².